The van der Waals surface area contributed by atoms with Crippen molar-refractivity contribution < 1.29 is 49.8 Å². The van der Waals surface area contributed by atoms with Gasteiger partial charge in [0.05, 0.1) is 23.3 Å². The Labute approximate surface area is 209 Å². The van der Waals surface area contributed by atoms with E-state index in [-0.39, 0.29) is 16.3 Å². The van der Waals surface area contributed by atoms with Gasteiger partial charge in [-0.25, -0.2) is 0 Å². The third kappa shape index (κ3) is 2.81. The van der Waals surface area contributed by atoms with Crippen LogP contribution in [0, 0.1) is 5.92 Å². The Morgan fingerprint density at radius 1 is 1.19 bits per heavy atom. The second kappa shape index (κ2) is 7.67. The van der Waals surface area contributed by atoms with Crippen molar-refractivity contribution in [3.8, 4) is 11.5 Å². The fourth-order valence-corrected chi connectivity index (χ4v) is 6.26. The Balaban J connectivity index is 2.12. The van der Waals surface area contributed by atoms with Crippen molar-refractivity contribution in [1.29, 1.82) is 0 Å². The summed E-state index contributed by atoms with van der Waals surface area (Å²) in [7, 11) is 3.94. The number of fused-ring (bicyclic) bond motifs is 3. The Morgan fingerprint density at radius 3 is 2.28 bits per heavy atom. The highest BCUT2D eigenvalue weighted by Crippen LogP contribution is 2.59. The summed E-state index contributed by atoms with van der Waals surface area (Å²) in [6.07, 6.45) is -0.778. The molecular weight excluding hydrogens is 500 g/mol. The molecule has 0 fully saturated rings. The number of phenolic OH excluding ortho intramolecular Hbond substituents is 1. The zero-order chi connectivity index (χ0) is 27.3. The Kier molecular flexibility index (Phi) is 5.52. The van der Waals surface area contributed by atoms with E-state index in [0.29, 0.717) is 0 Å². The summed E-state index contributed by atoms with van der Waals surface area (Å²) in [5.41, 5.74) is -5.56. The van der Waals surface area contributed by atoms with Crippen LogP contribution in [0.25, 0.3) is 0 Å². The number of nitrogens with zero attached hydrogens (tertiary/aromatic N) is 1. The van der Waals surface area contributed by atoms with Crippen LogP contribution in [0.2, 0.25) is 5.02 Å². The summed E-state index contributed by atoms with van der Waals surface area (Å²) in [4.78, 5) is 40.1. The predicted molar refractivity (Wildman–Crippen MR) is 123 cm³/mol. The van der Waals surface area contributed by atoms with Crippen molar-refractivity contribution in [3.05, 3.63) is 44.9 Å². The third-order valence-electron chi connectivity index (χ3n) is 7.46. The molecule has 8 N–H and O–H groups in total. The fraction of sp³-hybridized carbons (Fsp3) is 0.435. The zero-order valence-corrected chi connectivity index (χ0v) is 20.4. The van der Waals surface area contributed by atoms with Crippen LogP contribution in [0.1, 0.15) is 29.3 Å². The van der Waals surface area contributed by atoms with Crippen LogP contribution in [-0.4, -0.2) is 91.5 Å². The average molecular weight is 525 g/mol. The first-order valence-corrected chi connectivity index (χ1v) is 11.1. The number of ketones is 2. The van der Waals surface area contributed by atoms with Crippen molar-refractivity contribution in [2.45, 2.75) is 36.2 Å². The first kappa shape index (κ1) is 25.9. The smallest absolute Gasteiger partial charge is 0.255 e. The molecule has 0 spiro atoms. The average Bonchev–Trinajstić information content (AvgIpc) is 2.75. The maximum Gasteiger partial charge on any atom is 0.255 e. The van der Waals surface area contributed by atoms with Gasteiger partial charge >= 0.3 is 0 Å². The van der Waals surface area contributed by atoms with Crippen LogP contribution in [0.15, 0.2) is 28.7 Å². The van der Waals surface area contributed by atoms with Crippen LogP contribution in [0.4, 0.5) is 0 Å². The maximum absolute atomic E-state index is 13.6. The highest BCUT2D eigenvalue weighted by Gasteiger charge is 2.73. The van der Waals surface area contributed by atoms with E-state index in [0.717, 1.165) is 6.07 Å². The van der Waals surface area contributed by atoms with Crippen molar-refractivity contribution in [2.75, 3.05) is 21.2 Å². The van der Waals surface area contributed by atoms with E-state index in [1.165, 1.54) is 33.0 Å². The predicted octanol–water partition coefficient (Wildman–Crippen LogP) is -0.437. The number of ether oxygens (including phenoxy) is 1. The van der Waals surface area contributed by atoms with E-state index in [1.807, 2.05) is 0 Å². The molecule has 0 aromatic heterocycles. The largest absolute Gasteiger partial charge is 0.510 e. The summed E-state index contributed by atoms with van der Waals surface area (Å²) in [6, 6.07) is -0.672. The van der Waals surface area contributed by atoms with Gasteiger partial charge in [-0.3, -0.25) is 19.3 Å². The number of phenols is 1. The zero-order valence-electron chi connectivity index (χ0n) is 19.7. The molecule has 0 radical (unpaired) electrons. The molecule has 13 heteroatoms. The van der Waals surface area contributed by atoms with Gasteiger partial charge in [0, 0.05) is 23.1 Å². The van der Waals surface area contributed by atoms with Crippen LogP contribution < -0.4 is 10.5 Å². The summed E-state index contributed by atoms with van der Waals surface area (Å²) in [5.74, 6) is -8.73. The first-order valence-electron chi connectivity index (χ1n) is 10.7. The van der Waals surface area contributed by atoms with Gasteiger partial charge in [-0.1, -0.05) is 11.6 Å². The highest BCUT2D eigenvalue weighted by atomic mass is 35.5. The number of hydrogen-bond acceptors (Lipinski definition) is 11. The molecule has 3 aliphatic rings. The number of benzene rings is 1. The number of carbonyl (C=O) groups excluding carboxylic acids is 3. The summed E-state index contributed by atoms with van der Waals surface area (Å²) in [5, 5.41) is 67.5. The molecule has 12 nitrogen and oxygen atoms in total. The number of amides is 1. The Hall–Kier alpha value is -3.16. The fourth-order valence-electron chi connectivity index (χ4n) is 5.84. The van der Waals surface area contributed by atoms with Crippen molar-refractivity contribution in [1.82, 2.24) is 4.90 Å². The number of primary amides is 1. The van der Waals surface area contributed by atoms with Gasteiger partial charge in [-0.2, -0.15) is 0 Å². The number of methoxy groups -OCH3 is 1. The molecule has 0 saturated heterocycles. The molecule has 1 amide bonds. The van der Waals surface area contributed by atoms with Crippen molar-refractivity contribution in [2.24, 2.45) is 11.7 Å². The van der Waals surface area contributed by atoms with Gasteiger partial charge in [-0.05, 0) is 27.4 Å². The van der Waals surface area contributed by atoms with E-state index < -0.39 is 86.6 Å². The molecule has 3 aliphatic carbocycles. The monoisotopic (exact) mass is 524 g/mol. The number of aliphatic hydroxyl groups is 5. The van der Waals surface area contributed by atoms with Crippen molar-refractivity contribution in [3.63, 3.8) is 0 Å². The van der Waals surface area contributed by atoms with Crippen LogP contribution >= 0.6 is 11.6 Å². The van der Waals surface area contributed by atoms with Crippen LogP contribution in [-0.2, 0) is 15.2 Å². The molecule has 4 rings (SSSR count). The summed E-state index contributed by atoms with van der Waals surface area (Å²) >= 11 is 6.40. The summed E-state index contributed by atoms with van der Waals surface area (Å²) < 4.78 is 5.11. The van der Waals surface area contributed by atoms with E-state index in [4.69, 9.17) is 22.1 Å². The van der Waals surface area contributed by atoms with Gasteiger partial charge in [-0.15, -0.1) is 0 Å². The lowest BCUT2D eigenvalue weighted by Gasteiger charge is -2.57. The molecule has 36 heavy (non-hydrogen) atoms. The number of rotatable bonds is 3. The number of halogens is 1. The minimum absolute atomic E-state index is 0.0747. The first-order chi connectivity index (χ1) is 16.5. The van der Waals surface area contributed by atoms with E-state index in [2.05, 4.69) is 0 Å². The number of nitrogens with two attached hydrogens (primary N) is 1. The normalized spacial score (nSPS) is 33.9. The second-order valence-electron chi connectivity index (χ2n) is 9.61. The molecule has 0 bridgehead atoms. The van der Waals surface area contributed by atoms with Crippen LogP contribution in [0.5, 0.6) is 11.5 Å². The molecule has 0 heterocycles. The number of Topliss-reactive ketones (excluding diaryl/α,β-unsaturated/α-hetero) is 2. The molecule has 0 saturated carbocycles. The topological polar surface area (TPSA) is 211 Å². The molecule has 5 atom stereocenters. The Bertz CT molecular complexity index is 1320. The number of carbonyl (C=O) groups is 3. The highest BCUT2D eigenvalue weighted by molar-refractivity contribution is 6.34. The van der Waals surface area contributed by atoms with Gasteiger partial charge in [0.1, 0.15) is 40.2 Å². The molecule has 194 valence electrons. The standard InChI is InChI=1S/C23H25ClN2O10/c1-21(33)7-6-22(34)17(26(2)3)16(29)12(20(25)32)19(31)23(22,35)18(30)10(7)15(28)11-8(27)5-9(36-4)14(24)13(11)21/h5,7,17,27,29-30,33-35H,6H2,1-4H3,(H2,25,32). The lowest BCUT2D eigenvalue weighted by molar-refractivity contribution is -0.207. The minimum atomic E-state index is -3.32. The van der Waals surface area contributed by atoms with Gasteiger partial charge in [0.25, 0.3) is 5.91 Å². The lowest BCUT2D eigenvalue weighted by atomic mass is 9.53. The number of hydrogen-bond donors (Lipinski definition) is 7. The van der Waals surface area contributed by atoms with E-state index >= 15 is 0 Å². The minimum Gasteiger partial charge on any atom is -0.510 e. The van der Waals surface area contributed by atoms with Crippen LogP contribution in [0.3, 0.4) is 0 Å². The molecule has 1 aromatic rings. The number of likely N-dealkylation sites (N-methyl/N-ethyl adjacent to an activating group) is 1. The number of aromatic hydroxyl groups is 1. The van der Waals surface area contributed by atoms with Crippen molar-refractivity contribution >= 4 is 29.1 Å². The molecule has 5 unspecified atom stereocenters. The Morgan fingerprint density at radius 2 is 1.78 bits per heavy atom. The van der Waals surface area contributed by atoms with E-state index in [9.17, 15) is 45.0 Å². The van der Waals surface area contributed by atoms with Gasteiger partial charge in [0.2, 0.25) is 11.4 Å². The SMILES string of the molecule is COc1cc(O)c2c(c1Cl)C(C)(O)C1CC3(O)C(N(C)C)C(O)=C(C(N)=O)C(=O)C3(O)C(O)=C1C2=O. The van der Waals surface area contributed by atoms with Gasteiger partial charge < -0.3 is 41.1 Å². The summed E-state index contributed by atoms with van der Waals surface area (Å²) in [6.45, 7) is 1.20. The lowest BCUT2D eigenvalue weighted by Crippen LogP contribution is -2.75. The van der Waals surface area contributed by atoms with E-state index in [1.54, 1.807) is 0 Å². The molecule has 0 aliphatic heterocycles. The number of aliphatic hydroxyl groups excluding tert-OH is 2. The molecule has 1 aromatic carbocycles. The quantitative estimate of drug-likeness (QED) is 0.252. The molecular formula is C23H25ClN2O10. The third-order valence-corrected chi connectivity index (χ3v) is 7.84. The van der Waals surface area contributed by atoms with Gasteiger partial charge in [0.15, 0.2) is 5.78 Å². The maximum atomic E-state index is 13.6. The second-order valence-corrected chi connectivity index (χ2v) is 9.99.